The Kier molecular flexibility index (Phi) is 5.18. The summed E-state index contributed by atoms with van der Waals surface area (Å²) in [6.07, 6.45) is 3.32. The number of amides is 1. The Morgan fingerprint density at radius 2 is 2.26 bits per heavy atom. The lowest BCUT2D eigenvalue weighted by Crippen LogP contribution is -2.33. The summed E-state index contributed by atoms with van der Waals surface area (Å²) >= 11 is 0. The average Bonchev–Trinajstić information content (AvgIpc) is 2.45. The van der Waals surface area contributed by atoms with Gasteiger partial charge in [-0.2, -0.15) is 0 Å². The first-order chi connectivity index (χ1) is 9.25. The lowest BCUT2D eigenvalue weighted by molar-refractivity contribution is -0.200. The minimum Gasteiger partial charge on any atom is -0.508 e. The Balaban J connectivity index is 1.68. The van der Waals surface area contributed by atoms with E-state index in [1.165, 1.54) is 0 Å². The number of carbonyl (C=O) groups excluding carboxylic acids is 1. The van der Waals surface area contributed by atoms with Crippen LogP contribution in [-0.4, -0.2) is 23.9 Å². The maximum absolute atomic E-state index is 11.6. The van der Waals surface area contributed by atoms with Gasteiger partial charge < -0.3 is 9.84 Å². The molecule has 0 aromatic heterocycles. The summed E-state index contributed by atoms with van der Waals surface area (Å²) < 4.78 is 5.33. The number of hydrogen-bond acceptors (Lipinski definition) is 4. The fourth-order valence-electron chi connectivity index (χ4n) is 1.96. The number of aromatic hydroxyl groups is 1. The zero-order valence-electron chi connectivity index (χ0n) is 10.8. The lowest BCUT2D eigenvalue weighted by atomic mass is 10.1. The molecule has 104 valence electrons. The van der Waals surface area contributed by atoms with E-state index in [4.69, 9.17) is 9.57 Å². The van der Waals surface area contributed by atoms with Gasteiger partial charge in [0.25, 0.3) is 0 Å². The third kappa shape index (κ3) is 4.54. The van der Waals surface area contributed by atoms with Crippen LogP contribution in [0.1, 0.15) is 31.2 Å². The summed E-state index contributed by atoms with van der Waals surface area (Å²) in [6.45, 7) is 0.679. The van der Waals surface area contributed by atoms with Gasteiger partial charge in [0, 0.05) is 19.4 Å². The monoisotopic (exact) mass is 265 g/mol. The minimum absolute atomic E-state index is 0.211. The molecule has 0 radical (unpaired) electrons. The van der Waals surface area contributed by atoms with Gasteiger partial charge in [0.2, 0.25) is 5.91 Å². The SMILES string of the molecule is O=C(CCc1ccccc1O)NOC1CCCCO1. The molecule has 1 unspecified atom stereocenters. The zero-order chi connectivity index (χ0) is 13.5. The number of rotatable bonds is 5. The van der Waals surface area contributed by atoms with Crippen LogP contribution in [0.25, 0.3) is 0 Å². The highest BCUT2D eigenvalue weighted by Crippen LogP contribution is 2.17. The summed E-state index contributed by atoms with van der Waals surface area (Å²) in [5.74, 6) is 0.00394. The van der Waals surface area contributed by atoms with Crippen molar-refractivity contribution < 1.29 is 19.5 Å². The first-order valence-electron chi connectivity index (χ1n) is 6.58. The maximum Gasteiger partial charge on any atom is 0.243 e. The molecule has 1 aliphatic rings. The average molecular weight is 265 g/mol. The first-order valence-corrected chi connectivity index (χ1v) is 6.58. The topological polar surface area (TPSA) is 67.8 Å². The van der Waals surface area contributed by atoms with Crippen LogP contribution < -0.4 is 5.48 Å². The molecule has 1 aromatic rings. The molecule has 0 bridgehead atoms. The van der Waals surface area contributed by atoms with E-state index in [1.807, 2.05) is 6.07 Å². The highest BCUT2D eigenvalue weighted by molar-refractivity contribution is 5.75. The Morgan fingerprint density at radius 1 is 1.42 bits per heavy atom. The number of para-hydroxylation sites is 1. The van der Waals surface area contributed by atoms with E-state index in [1.54, 1.807) is 18.2 Å². The van der Waals surface area contributed by atoms with Crippen LogP contribution in [0.3, 0.4) is 0 Å². The van der Waals surface area contributed by atoms with Gasteiger partial charge in [-0.1, -0.05) is 18.2 Å². The van der Waals surface area contributed by atoms with Crippen LogP contribution >= 0.6 is 0 Å². The van der Waals surface area contributed by atoms with E-state index in [0.717, 1.165) is 24.8 Å². The predicted molar refractivity (Wildman–Crippen MR) is 69.2 cm³/mol. The largest absolute Gasteiger partial charge is 0.508 e. The molecule has 0 spiro atoms. The van der Waals surface area contributed by atoms with Crippen molar-refractivity contribution in [2.75, 3.05) is 6.61 Å². The Labute approximate surface area is 112 Å². The smallest absolute Gasteiger partial charge is 0.243 e. The van der Waals surface area contributed by atoms with Gasteiger partial charge in [0.1, 0.15) is 5.75 Å². The second-order valence-corrected chi connectivity index (χ2v) is 4.57. The van der Waals surface area contributed by atoms with Gasteiger partial charge in [-0.05, 0) is 30.9 Å². The van der Waals surface area contributed by atoms with Crippen molar-refractivity contribution in [2.24, 2.45) is 0 Å². The summed E-state index contributed by atoms with van der Waals surface area (Å²) in [6, 6.07) is 7.00. The molecule has 19 heavy (non-hydrogen) atoms. The van der Waals surface area contributed by atoms with Gasteiger partial charge in [0.05, 0.1) is 0 Å². The van der Waals surface area contributed by atoms with Crippen LogP contribution in [0.2, 0.25) is 0 Å². The van der Waals surface area contributed by atoms with E-state index in [-0.39, 0.29) is 24.4 Å². The Morgan fingerprint density at radius 3 is 3.00 bits per heavy atom. The fourth-order valence-corrected chi connectivity index (χ4v) is 1.96. The molecule has 1 aliphatic heterocycles. The molecule has 0 saturated carbocycles. The van der Waals surface area contributed by atoms with Crippen LogP contribution in [-0.2, 0) is 20.8 Å². The zero-order valence-corrected chi connectivity index (χ0v) is 10.8. The van der Waals surface area contributed by atoms with E-state index < -0.39 is 0 Å². The van der Waals surface area contributed by atoms with Crippen molar-refractivity contribution in [1.82, 2.24) is 5.48 Å². The minimum atomic E-state index is -0.331. The molecule has 5 heteroatoms. The normalized spacial score (nSPS) is 19.1. The van der Waals surface area contributed by atoms with E-state index in [0.29, 0.717) is 13.0 Å². The molecule has 1 atom stereocenters. The Hall–Kier alpha value is -1.59. The Bertz CT molecular complexity index is 416. The third-order valence-electron chi connectivity index (χ3n) is 3.06. The molecule has 1 fully saturated rings. The summed E-state index contributed by atoms with van der Waals surface area (Å²) in [7, 11) is 0. The van der Waals surface area contributed by atoms with E-state index >= 15 is 0 Å². The van der Waals surface area contributed by atoms with Crippen LogP contribution in [0.5, 0.6) is 5.75 Å². The van der Waals surface area contributed by atoms with Gasteiger partial charge in [-0.25, -0.2) is 10.3 Å². The number of hydroxylamine groups is 1. The van der Waals surface area contributed by atoms with Gasteiger partial charge >= 0.3 is 0 Å². The quantitative estimate of drug-likeness (QED) is 0.798. The molecule has 1 amide bonds. The lowest BCUT2D eigenvalue weighted by Gasteiger charge is -2.22. The summed E-state index contributed by atoms with van der Waals surface area (Å²) in [5.41, 5.74) is 3.15. The number of phenolic OH excluding ortho intramolecular Hbond substituents is 1. The highest BCUT2D eigenvalue weighted by Gasteiger charge is 2.15. The van der Waals surface area contributed by atoms with Crippen molar-refractivity contribution in [2.45, 2.75) is 38.4 Å². The molecule has 1 heterocycles. The number of phenols is 1. The molecule has 1 aromatic carbocycles. The van der Waals surface area contributed by atoms with E-state index in [9.17, 15) is 9.90 Å². The number of benzene rings is 1. The van der Waals surface area contributed by atoms with Crippen LogP contribution in [0, 0.1) is 0 Å². The molecule has 2 N–H and O–H groups in total. The third-order valence-corrected chi connectivity index (χ3v) is 3.06. The fraction of sp³-hybridized carbons (Fsp3) is 0.500. The molecule has 5 nitrogen and oxygen atoms in total. The predicted octanol–water partition coefficient (Wildman–Crippen LogP) is 1.90. The van der Waals surface area contributed by atoms with Crippen LogP contribution in [0.15, 0.2) is 24.3 Å². The van der Waals surface area contributed by atoms with Crippen LogP contribution in [0.4, 0.5) is 0 Å². The van der Waals surface area contributed by atoms with Crippen molar-refractivity contribution >= 4 is 5.91 Å². The number of hydrogen-bond donors (Lipinski definition) is 2. The van der Waals surface area contributed by atoms with Crippen molar-refractivity contribution in [3.05, 3.63) is 29.8 Å². The van der Waals surface area contributed by atoms with Gasteiger partial charge in [-0.15, -0.1) is 0 Å². The molecule has 1 saturated heterocycles. The van der Waals surface area contributed by atoms with Gasteiger partial charge in [-0.3, -0.25) is 4.79 Å². The standard InChI is InChI=1S/C14H19NO4/c16-12-6-2-1-5-11(12)8-9-13(17)15-19-14-7-3-4-10-18-14/h1-2,5-6,14,16H,3-4,7-10H2,(H,15,17). The molecule has 2 rings (SSSR count). The number of nitrogens with one attached hydrogen (secondary N) is 1. The first kappa shape index (κ1) is 13.8. The van der Waals surface area contributed by atoms with Crippen molar-refractivity contribution in [3.8, 4) is 5.75 Å². The second-order valence-electron chi connectivity index (χ2n) is 4.57. The summed E-state index contributed by atoms with van der Waals surface area (Å²) in [4.78, 5) is 16.8. The second kappa shape index (κ2) is 7.11. The molecule has 0 aliphatic carbocycles. The summed E-state index contributed by atoms with van der Waals surface area (Å²) in [5, 5.41) is 9.57. The van der Waals surface area contributed by atoms with Gasteiger partial charge in [0.15, 0.2) is 6.29 Å². The molecular formula is C14H19NO4. The molecular weight excluding hydrogens is 246 g/mol. The van der Waals surface area contributed by atoms with E-state index in [2.05, 4.69) is 5.48 Å². The highest BCUT2D eigenvalue weighted by atomic mass is 16.8. The number of carbonyl (C=O) groups is 1. The number of aryl methyl sites for hydroxylation is 1. The maximum atomic E-state index is 11.6. The van der Waals surface area contributed by atoms with Crippen molar-refractivity contribution in [3.63, 3.8) is 0 Å². The van der Waals surface area contributed by atoms with Crippen molar-refractivity contribution in [1.29, 1.82) is 0 Å². The number of ether oxygens (including phenoxy) is 1.